The summed E-state index contributed by atoms with van der Waals surface area (Å²) in [6, 6.07) is 7.42. The molecule has 26 heavy (non-hydrogen) atoms. The number of hydrogen-bond donors (Lipinski definition) is 2. The molecule has 3 rings (SSSR count). The fourth-order valence-electron chi connectivity index (χ4n) is 3.04. The molecule has 2 aromatic rings. The maximum Gasteiger partial charge on any atom is 0.335 e. The number of rotatable bonds is 4. The van der Waals surface area contributed by atoms with Crippen LogP contribution in [0.5, 0.6) is 0 Å². The van der Waals surface area contributed by atoms with Crippen LogP contribution in [0.1, 0.15) is 44.4 Å². The summed E-state index contributed by atoms with van der Waals surface area (Å²) >= 11 is 0. The molecule has 136 valence electrons. The zero-order valence-electron chi connectivity index (χ0n) is 14.0. The molecule has 1 heterocycles. The van der Waals surface area contributed by atoms with E-state index in [0.717, 1.165) is 12.1 Å². The zero-order chi connectivity index (χ0) is 18.8. The molecule has 1 fully saturated rings. The maximum absolute atomic E-state index is 13.5. The highest BCUT2D eigenvalue weighted by Gasteiger charge is 2.31. The highest BCUT2D eigenvalue weighted by atomic mass is 19.2. The van der Waals surface area contributed by atoms with Crippen molar-refractivity contribution in [3.05, 3.63) is 70.3 Å². The summed E-state index contributed by atoms with van der Waals surface area (Å²) in [4.78, 5) is 23.7. The van der Waals surface area contributed by atoms with Gasteiger partial charge < -0.3 is 15.2 Å². The number of carboxylic acid groups (broad SMARTS) is 1. The predicted molar refractivity (Wildman–Crippen MR) is 89.1 cm³/mol. The van der Waals surface area contributed by atoms with Gasteiger partial charge in [-0.3, -0.25) is 4.79 Å². The molecule has 0 bridgehead atoms. The van der Waals surface area contributed by atoms with Crippen LogP contribution < -0.4 is 5.32 Å². The molecule has 0 radical (unpaired) electrons. The highest BCUT2D eigenvalue weighted by molar-refractivity contribution is 5.98. The number of nitrogens with one attached hydrogen (secondary N) is 1. The SMILES string of the molecule is Cc1cc(C(=O)O)cc(C(=O)NC2CCOC2c2ccc(F)c(F)c2)c1. The van der Waals surface area contributed by atoms with E-state index >= 15 is 0 Å². The van der Waals surface area contributed by atoms with Gasteiger partial charge in [0.25, 0.3) is 5.91 Å². The second-order valence-corrected chi connectivity index (χ2v) is 6.23. The molecule has 2 aromatic carbocycles. The molecule has 2 atom stereocenters. The van der Waals surface area contributed by atoms with E-state index in [4.69, 9.17) is 9.84 Å². The van der Waals surface area contributed by atoms with Gasteiger partial charge in [0.1, 0.15) is 6.10 Å². The van der Waals surface area contributed by atoms with Gasteiger partial charge in [0.2, 0.25) is 0 Å². The van der Waals surface area contributed by atoms with Crippen molar-refractivity contribution in [2.45, 2.75) is 25.5 Å². The van der Waals surface area contributed by atoms with E-state index in [9.17, 15) is 18.4 Å². The van der Waals surface area contributed by atoms with Gasteiger partial charge in [-0.15, -0.1) is 0 Å². The van der Waals surface area contributed by atoms with Crippen molar-refractivity contribution in [1.29, 1.82) is 0 Å². The number of carboxylic acids is 1. The second kappa shape index (κ2) is 7.21. The molecule has 0 saturated carbocycles. The zero-order valence-corrected chi connectivity index (χ0v) is 14.0. The lowest BCUT2D eigenvalue weighted by Crippen LogP contribution is -2.37. The van der Waals surface area contributed by atoms with Crippen LogP contribution in [0.3, 0.4) is 0 Å². The van der Waals surface area contributed by atoms with Crippen molar-refractivity contribution in [3.63, 3.8) is 0 Å². The van der Waals surface area contributed by atoms with E-state index in [1.54, 1.807) is 13.0 Å². The molecule has 0 spiro atoms. The largest absolute Gasteiger partial charge is 0.478 e. The number of aromatic carboxylic acids is 1. The number of carbonyl (C=O) groups excluding carboxylic acids is 1. The summed E-state index contributed by atoms with van der Waals surface area (Å²) in [6.07, 6.45) is -0.0923. The number of amides is 1. The van der Waals surface area contributed by atoms with E-state index in [-0.39, 0.29) is 11.1 Å². The Morgan fingerprint density at radius 2 is 1.85 bits per heavy atom. The highest BCUT2D eigenvalue weighted by Crippen LogP contribution is 2.30. The van der Waals surface area contributed by atoms with Crippen molar-refractivity contribution in [3.8, 4) is 0 Å². The number of hydrogen-bond acceptors (Lipinski definition) is 3. The van der Waals surface area contributed by atoms with Crippen LogP contribution in [-0.4, -0.2) is 29.6 Å². The van der Waals surface area contributed by atoms with Crippen LogP contribution in [0.25, 0.3) is 0 Å². The molecular formula is C19H17F2NO4. The Kier molecular flexibility index (Phi) is 4.99. The Bertz CT molecular complexity index is 869. The van der Waals surface area contributed by atoms with Gasteiger partial charge in [-0.2, -0.15) is 0 Å². The number of benzene rings is 2. The first-order chi connectivity index (χ1) is 12.3. The summed E-state index contributed by atoms with van der Waals surface area (Å²) in [5, 5.41) is 11.9. The van der Waals surface area contributed by atoms with E-state index < -0.39 is 35.7 Å². The number of ether oxygens (including phenoxy) is 1. The average Bonchev–Trinajstić information content (AvgIpc) is 3.04. The van der Waals surface area contributed by atoms with Crippen molar-refractivity contribution >= 4 is 11.9 Å². The molecule has 1 aliphatic heterocycles. The summed E-state index contributed by atoms with van der Waals surface area (Å²) in [6.45, 7) is 2.06. The number of carbonyl (C=O) groups is 2. The van der Waals surface area contributed by atoms with Crippen molar-refractivity contribution < 1.29 is 28.2 Å². The number of halogens is 2. The Labute approximate surface area is 148 Å². The minimum absolute atomic E-state index is 0.0231. The average molecular weight is 361 g/mol. The molecule has 2 unspecified atom stereocenters. The smallest absolute Gasteiger partial charge is 0.335 e. The first kappa shape index (κ1) is 18.0. The lowest BCUT2D eigenvalue weighted by molar-refractivity contribution is 0.0696. The minimum atomic E-state index is -1.12. The lowest BCUT2D eigenvalue weighted by Gasteiger charge is -2.20. The molecule has 2 N–H and O–H groups in total. The van der Waals surface area contributed by atoms with E-state index in [1.807, 2.05) is 0 Å². The Morgan fingerprint density at radius 1 is 1.12 bits per heavy atom. The van der Waals surface area contributed by atoms with Crippen molar-refractivity contribution in [1.82, 2.24) is 5.32 Å². The molecule has 5 nitrogen and oxygen atoms in total. The van der Waals surface area contributed by atoms with Gasteiger partial charge in [0.15, 0.2) is 11.6 Å². The maximum atomic E-state index is 13.5. The third-order valence-electron chi connectivity index (χ3n) is 4.27. The number of aryl methyl sites for hydroxylation is 1. The first-order valence-corrected chi connectivity index (χ1v) is 8.07. The minimum Gasteiger partial charge on any atom is -0.478 e. The van der Waals surface area contributed by atoms with Gasteiger partial charge >= 0.3 is 5.97 Å². The fraction of sp³-hybridized carbons (Fsp3) is 0.263. The third kappa shape index (κ3) is 3.72. The summed E-state index contributed by atoms with van der Waals surface area (Å²) < 4.78 is 32.2. The van der Waals surface area contributed by atoms with Crippen LogP contribution in [-0.2, 0) is 4.74 Å². The van der Waals surface area contributed by atoms with Crippen molar-refractivity contribution in [2.75, 3.05) is 6.61 Å². The van der Waals surface area contributed by atoms with E-state index in [0.29, 0.717) is 24.2 Å². The standard InChI is InChI=1S/C19H17F2NO4/c1-10-6-12(8-13(7-10)19(24)25)18(23)22-16-4-5-26-17(16)11-2-3-14(20)15(21)9-11/h2-3,6-9,16-17H,4-5H2,1H3,(H,22,23)(H,24,25). The third-order valence-corrected chi connectivity index (χ3v) is 4.27. The molecular weight excluding hydrogens is 344 g/mol. The Morgan fingerprint density at radius 3 is 2.54 bits per heavy atom. The Balaban J connectivity index is 1.80. The first-order valence-electron chi connectivity index (χ1n) is 8.07. The lowest BCUT2D eigenvalue weighted by atomic mass is 10.0. The van der Waals surface area contributed by atoms with E-state index in [2.05, 4.69) is 5.32 Å². The second-order valence-electron chi connectivity index (χ2n) is 6.23. The monoisotopic (exact) mass is 361 g/mol. The molecule has 1 amide bonds. The molecule has 0 aliphatic carbocycles. The Hall–Kier alpha value is -2.80. The van der Waals surface area contributed by atoms with E-state index in [1.165, 1.54) is 18.2 Å². The molecule has 1 saturated heterocycles. The normalized spacial score (nSPS) is 19.3. The molecule has 1 aliphatic rings. The van der Waals surface area contributed by atoms with Gasteiger partial charge in [0, 0.05) is 12.2 Å². The van der Waals surface area contributed by atoms with Crippen LogP contribution in [0.4, 0.5) is 8.78 Å². The quantitative estimate of drug-likeness (QED) is 0.877. The van der Waals surface area contributed by atoms with Gasteiger partial charge in [-0.05, 0) is 54.8 Å². The summed E-state index contributed by atoms with van der Waals surface area (Å²) in [7, 11) is 0. The van der Waals surface area contributed by atoms with Crippen LogP contribution in [0, 0.1) is 18.6 Å². The van der Waals surface area contributed by atoms with Crippen LogP contribution in [0.15, 0.2) is 36.4 Å². The summed E-state index contributed by atoms with van der Waals surface area (Å²) in [5.41, 5.74) is 1.32. The predicted octanol–water partition coefficient (Wildman–Crippen LogP) is 3.23. The summed E-state index contributed by atoms with van der Waals surface area (Å²) in [5.74, 6) is -3.49. The van der Waals surface area contributed by atoms with Gasteiger partial charge in [-0.1, -0.05) is 6.07 Å². The molecule has 7 heteroatoms. The fourth-order valence-corrected chi connectivity index (χ4v) is 3.04. The van der Waals surface area contributed by atoms with Crippen molar-refractivity contribution in [2.24, 2.45) is 0 Å². The van der Waals surface area contributed by atoms with Crippen LogP contribution >= 0.6 is 0 Å². The van der Waals surface area contributed by atoms with Crippen LogP contribution in [0.2, 0.25) is 0 Å². The van der Waals surface area contributed by atoms with Gasteiger partial charge in [0.05, 0.1) is 11.6 Å². The topological polar surface area (TPSA) is 75.6 Å². The molecule has 0 aromatic heterocycles. The van der Waals surface area contributed by atoms with Gasteiger partial charge in [-0.25, -0.2) is 13.6 Å².